The summed E-state index contributed by atoms with van der Waals surface area (Å²) >= 11 is 0. The predicted molar refractivity (Wildman–Crippen MR) is 88.0 cm³/mol. The molecule has 2 rings (SSSR count). The maximum absolute atomic E-state index is 12.7. The molecule has 0 saturated carbocycles. The van der Waals surface area contributed by atoms with Gasteiger partial charge in [-0.2, -0.15) is 0 Å². The number of ketones is 1. The van der Waals surface area contributed by atoms with Crippen LogP contribution in [0.2, 0.25) is 18.1 Å². The number of hydrogen-bond donors (Lipinski definition) is 0. The first kappa shape index (κ1) is 16.9. The number of carbonyl (C=O) groups excluding carboxylic acids is 1. The van der Waals surface area contributed by atoms with Crippen molar-refractivity contribution in [2.75, 3.05) is 0 Å². The van der Waals surface area contributed by atoms with Crippen molar-refractivity contribution in [3.63, 3.8) is 0 Å². The molecule has 0 bridgehead atoms. The van der Waals surface area contributed by atoms with Crippen LogP contribution in [0, 0.1) is 0 Å². The van der Waals surface area contributed by atoms with E-state index in [9.17, 15) is 4.79 Å². The minimum Gasteiger partial charge on any atom is -0.407 e. The molecule has 4 heteroatoms. The van der Waals surface area contributed by atoms with Crippen LogP contribution in [0.5, 0.6) is 0 Å². The molecular weight excluding hydrogens is 280 g/mol. The zero-order valence-electron chi connectivity index (χ0n) is 14.0. The van der Waals surface area contributed by atoms with Gasteiger partial charge in [0.2, 0.25) is 0 Å². The highest BCUT2D eigenvalue weighted by molar-refractivity contribution is 6.73. The van der Waals surface area contributed by atoms with Gasteiger partial charge in [-0.1, -0.05) is 32.4 Å². The van der Waals surface area contributed by atoms with Gasteiger partial charge in [0.25, 0.3) is 0 Å². The molecule has 0 aromatic rings. The molecule has 120 valence electrons. The summed E-state index contributed by atoms with van der Waals surface area (Å²) in [4.78, 5) is 12.7. The SMILES string of the molecule is CC[Si](CC)(CC)O[C@H]1CC/C=C(\C)CC[C@H]2O[C@H]2C1=O. The molecule has 0 aromatic carbocycles. The van der Waals surface area contributed by atoms with Gasteiger partial charge in [0.05, 0.1) is 6.10 Å². The molecule has 1 heterocycles. The summed E-state index contributed by atoms with van der Waals surface area (Å²) in [5, 5.41) is 0. The topological polar surface area (TPSA) is 38.8 Å². The van der Waals surface area contributed by atoms with Gasteiger partial charge in [0, 0.05) is 0 Å². The van der Waals surface area contributed by atoms with E-state index in [-0.39, 0.29) is 24.1 Å². The summed E-state index contributed by atoms with van der Waals surface area (Å²) in [6.07, 6.45) is 5.79. The van der Waals surface area contributed by atoms with Crippen LogP contribution in [0.15, 0.2) is 11.6 Å². The van der Waals surface area contributed by atoms with Crippen LogP contribution >= 0.6 is 0 Å². The number of carbonyl (C=O) groups is 1. The molecule has 0 unspecified atom stereocenters. The molecule has 2 aliphatic rings. The van der Waals surface area contributed by atoms with E-state index in [0.29, 0.717) is 0 Å². The Labute approximate surface area is 130 Å². The van der Waals surface area contributed by atoms with E-state index in [1.165, 1.54) is 5.57 Å². The minimum absolute atomic E-state index is 0.144. The molecule has 3 nitrogen and oxygen atoms in total. The van der Waals surface area contributed by atoms with Crippen molar-refractivity contribution >= 4 is 14.1 Å². The second-order valence-electron chi connectivity index (χ2n) is 6.51. The predicted octanol–water partition coefficient (Wildman–Crippen LogP) is 4.23. The van der Waals surface area contributed by atoms with Crippen LogP contribution in [0.3, 0.4) is 0 Å². The highest BCUT2D eigenvalue weighted by Gasteiger charge is 2.48. The van der Waals surface area contributed by atoms with Crippen molar-refractivity contribution in [2.45, 2.75) is 89.8 Å². The van der Waals surface area contributed by atoms with Crippen LogP contribution in [-0.4, -0.2) is 32.4 Å². The Balaban J connectivity index is 2.11. The van der Waals surface area contributed by atoms with Crippen molar-refractivity contribution in [3.05, 3.63) is 11.6 Å². The average molecular weight is 311 g/mol. The first-order valence-corrected chi connectivity index (χ1v) is 11.1. The standard InChI is InChI=1S/C17H30O3Si/c1-5-21(6-2,7-3)20-14-10-8-9-13(4)11-12-15-17(19-15)16(14)18/h9,14-15,17H,5-8,10-12H2,1-4H3/b13-9+/t14-,15+,17+/m0/s1. The van der Waals surface area contributed by atoms with Crippen molar-refractivity contribution in [1.29, 1.82) is 0 Å². The van der Waals surface area contributed by atoms with E-state index in [0.717, 1.165) is 43.8 Å². The molecule has 0 N–H and O–H groups in total. The van der Waals surface area contributed by atoms with E-state index in [1.54, 1.807) is 0 Å². The van der Waals surface area contributed by atoms with Crippen LogP contribution in [0.4, 0.5) is 0 Å². The monoisotopic (exact) mass is 310 g/mol. The lowest BCUT2D eigenvalue weighted by molar-refractivity contribution is -0.127. The quantitative estimate of drug-likeness (QED) is 0.433. The lowest BCUT2D eigenvalue weighted by Gasteiger charge is -2.32. The van der Waals surface area contributed by atoms with E-state index in [2.05, 4.69) is 33.8 Å². The Morgan fingerprint density at radius 2 is 1.90 bits per heavy atom. The van der Waals surface area contributed by atoms with E-state index in [1.807, 2.05) is 0 Å². The number of rotatable bonds is 5. The van der Waals surface area contributed by atoms with Gasteiger partial charge >= 0.3 is 0 Å². The van der Waals surface area contributed by atoms with Crippen LogP contribution in [0.1, 0.15) is 53.4 Å². The van der Waals surface area contributed by atoms with Gasteiger partial charge in [-0.05, 0) is 50.7 Å². The number of ether oxygens (including phenoxy) is 1. The largest absolute Gasteiger partial charge is 0.407 e. The molecule has 1 saturated heterocycles. The second kappa shape index (κ2) is 7.21. The highest BCUT2D eigenvalue weighted by Crippen LogP contribution is 2.34. The second-order valence-corrected chi connectivity index (χ2v) is 11.2. The van der Waals surface area contributed by atoms with Crippen molar-refractivity contribution < 1.29 is 14.0 Å². The lowest BCUT2D eigenvalue weighted by Crippen LogP contribution is -2.44. The molecule has 0 amide bonds. The third-order valence-electron chi connectivity index (χ3n) is 5.25. The first-order valence-electron chi connectivity index (χ1n) is 8.57. The lowest BCUT2D eigenvalue weighted by atomic mass is 9.99. The summed E-state index contributed by atoms with van der Waals surface area (Å²) in [5.41, 5.74) is 1.42. The zero-order valence-corrected chi connectivity index (χ0v) is 15.0. The van der Waals surface area contributed by atoms with Gasteiger partial charge < -0.3 is 9.16 Å². The number of hydrogen-bond acceptors (Lipinski definition) is 3. The number of fused-ring (bicyclic) bond motifs is 1. The van der Waals surface area contributed by atoms with Crippen molar-refractivity contribution in [3.8, 4) is 0 Å². The van der Waals surface area contributed by atoms with Gasteiger partial charge in [-0.25, -0.2) is 0 Å². The summed E-state index contributed by atoms with van der Waals surface area (Å²) in [6.45, 7) is 8.82. The Kier molecular flexibility index (Phi) is 5.80. The average Bonchev–Trinajstić information content (AvgIpc) is 3.27. The van der Waals surface area contributed by atoms with E-state index < -0.39 is 8.32 Å². The normalized spacial score (nSPS) is 33.0. The fraction of sp³-hybridized carbons (Fsp3) is 0.824. The molecule has 1 aliphatic heterocycles. The molecule has 1 aliphatic carbocycles. The summed E-state index contributed by atoms with van der Waals surface area (Å²) in [7, 11) is -1.74. The Hall–Kier alpha value is -0.453. The third kappa shape index (κ3) is 4.05. The maximum atomic E-state index is 12.7. The smallest absolute Gasteiger partial charge is 0.193 e. The summed E-state index contributed by atoms with van der Waals surface area (Å²) < 4.78 is 12.1. The Morgan fingerprint density at radius 3 is 2.52 bits per heavy atom. The number of allylic oxidation sites excluding steroid dienone is 2. The third-order valence-corrected chi connectivity index (χ3v) is 9.90. The molecule has 0 radical (unpaired) electrons. The Bertz CT molecular complexity index is 393. The molecule has 21 heavy (non-hydrogen) atoms. The number of epoxide rings is 1. The van der Waals surface area contributed by atoms with Gasteiger partial charge in [-0.15, -0.1) is 0 Å². The maximum Gasteiger partial charge on any atom is 0.193 e. The molecule has 0 spiro atoms. The zero-order chi connectivity index (χ0) is 15.5. The van der Waals surface area contributed by atoms with Gasteiger partial charge in [0.15, 0.2) is 14.1 Å². The Morgan fingerprint density at radius 1 is 1.24 bits per heavy atom. The van der Waals surface area contributed by atoms with Crippen molar-refractivity contribution in [1.82, 2.24) is 0 Å². The summed E-state index contributed by atoms with van der Waals surface area (Å²) in [5.74, 6) is 0.208. The molecule has 3 atom stereocenters. The minimum atomic E-state index is -1.74. The van der Waals surface area contributed by atoms with Crippen LogP contribution in [0.25, 0.3) is 0 Å². The fourth-order valence-electron chi connectivity index (χ4n) is 3.31. The summed E-state index contributed by atoms with van der Waals surface area (Å²) in [6, 6.07) is 3.27. The molecular formula is C17H30O3Si. The number of Topliss-reactive ketones (excluding diaryl/α,β-unsaturated/α-hetero) is 1. The van der Waals surface area contributed by atoms with E-state index in [4.69, 9.17) is 9.16 Å². The highest BCUT2D eigenvalue weighted by atomic mass is 28.4. The van der Waals surface area contributed by atoms with Gasteiger partial charge in [-0.3, -0.25) is 4.79 Å². The van der Waals surface area contributed by atoms with Crippen LogP contribution in [-0.2, 0) is 14.0 Å². The molecule has 1 fully saturated rings. The molecule has 0 aromatic heterocycles. The first-order chi connectivity index (χ1) is 10.0. The van der Waals surface area contributed by atoms with Crippen molar-refractivity contribution in [2.24, 2.45) is 0 Å². The van der Waals surface area contributed by atoms with Crippen LogP contribution < -0.4 is 0 Å². The van der Waals surface area contributed by atoms with E-state index >= 15 is 0 Å². The van der Waals surface area contributed by atoms with Gasteiger partial charge in [0.1, 0.15) is 12.2 Å². The fourth-order valence-corrected chi connectivity index (χ4v) is 6.15.